The van der Waals surface area contributed by atoms with Gasteiger partial charge in [0.1, 0.15) is 12.2 Å². The molecule has 1 heterocycles. The number of ether oxygens (including phenoxy) is 3. The molecule has 1 saturated carbocycles. The van der Waals surface area contributed by atoms with E-state index in [-0.39, 0.29) is 5.75 Å². The molecule has 0 aromatic heterocycles. The molecule has 0 amide bonds. The third kappa shape index (κ3) is 5.11. The van der Waals surface area contributed by atoms with Crippen LogP contribution in [0.4, 0.5) is 4.39 Å². The van der Waals surface area contributed by atoms with Crippen molar-refractivity contribution in [1.82, 2.24) is 4.90 Å². The van der Waals surface area contributed by atoms with E-state index in [0.717, 1.165) is 50.8 Å². The van der Waals surface area contributed by atoms with E-state index >= 15 is 0 Å². The van der Waals surface area contributed by atoms with Crippen molar-refractivity contribution in [2.75, 3.05) is 39.5 Å². The molecule has 5 nitrogen and oxygen atoms in total. The van der Waals surface area contributed by atoms with Crippen LogP contribution in [0.1, 0.15) is 49.4 Å². The summed E-state index contributed by atoms with van der Waals surface area (Å²) in [5.74, 6) is -0.852. The minimum absolute atomic E-state index is 0.0903. The van der Waals surface area contributed by atoms with E-state index in [1.165, 1.54) is 18.2 Å². The number of halogens is 1. The second kappa shape index (κ2) is 9.52. The molecule has 6 heteroatoms. The highest BCUT2D eigenvalue weighted by molar-refractivity contribution is 5.89. The molecule has 1 aliphatic heterocycles. The monoisotopic (exact) mass is 391 g/mol. The molecule has 28 heavy (non-hydrogen) atoms. The molecule has 1 aromatic carbocycles. The van der Waals surface area contributed by atoms with E-state index in [9.17, 15) is 9.18 Å². The van der Waals surface area contributed by atoms with Crippen LogP contribution < -0.4 is 4.74 Å². The molecular weight excluding hydrogens is 361 g/mol. The largest absolute Gasteiger partial charge is 0.480 e. The third-order valence-electron chi connectivity index (χ3n) is 5.66. The molecule has 154 valence electrons. The number of benzene rings is 1. The van der Waals surface area contributed by atoms with Crippen molar-refractivity contribution in [2.45, 2.75) is 44.6 Å². The fourth-order valence-corrected chi connectivity index (χ4v) is 3.83. The Morgan fingerprint density at radius 2 is 1.96 bits per heavy atom. The Kier molecular flexibility index (Phi) is 7.08. The van der Waals surface area contributed by atoms with Crippen molar-refractivity contribution in [2.24, 2.45) is 0 Å². The minimum atomic E-state index is -0.558. The summed E-state index contributed by atoms with van der Waals surface area (Å²) in [7, 11) is 0. The van der Waals surface area contributed by atoms with Crippen LogP contribution in [0.5, 0.6) is 5.75 Å². The molecule has 0 radical (unpaired) electrons. The molecule has 1 saturated heterocycles. The zero-order valence-corrected chi connectivity index (χ0v) is 16.7. The van der Waals surface area contributed by atoms with Crippen LogP contribution in [0.25, 0.3) is 0 Å². The minimum Gasteiger partial charge on any atom is -0.480 e. The molecule has 0 bridgehead atoms. The molecule has 1 aliphatic carbocycles. The van der Waals surface area contributed by atoms with Gasteiger partial charge >= 0.3 is 5.97 Å². The molecular formula is C22H30FNO4. The number of esters is 1. The van der Waals surface area contributed by atoms with Gasteiger partial charge in [0.15, 0.2) is 11.6 Å². The highest BCUT2D eigenvalue weighted by Crippen LogP contribution is 2.38. The number of carbonyl (C=O) groups excluding carboxylic acids is 1. The maximum absolute atomic E-state index is 14.4. The summed E-state index contributed by atoms with van der Waals surface area (Å²) in [4.78, 5) is 14.6. The predicted molar refractivity (Wildman–Crippen MR) is 105 cm³/mol. The summed E-state index contributed by atoms with van der Waals surface area (Å²) >= 11 is 0. The van der Waals surface area contributed by atoms with E-state index in [0.29, 0.717) is 31.9 Å². The normalized spacial score (nSPS) is 19.8. The lowest BCUT2D eigenvalue weighted by atomic mass is 9.80. The van der Waals surface area contributed by atoms with Gasteiger partial charge in [-0.05, 0) is 56.4 Å². The quantitative estimate of drug-likeness (QED) is 0.520. The highest BCUT2D eigenvalue weighted by atomic mass is 19.1. The standard InChI is InChI=1S/C22H30FNO4/c1-17(2)22(8-4-3-5-9-22)28-20-16-18(6-7-19(20)23)21(25)27-15-12-24-10-13-26-14-11-24/h6-7,16H,1,3-5,8-15H2,2H3. The second-order valence-corrected chi connectivity index (χ2v) is 7.67. The second-order valence-electron chi connectivity index (χ2n) is 7.67. The Labute approximate surface area is 166 Å². The van der Waals surface area contributed by atoms with Gasteiger partial charge in [-0.15, -0.1) is 0 Å². The fraction of sp³-hybridized carbons (Fsp3) is 0.591. The molecule has 3 rings (SSSR count). The van der Waals surface area contributed by atoms with Crippen LogP contribution in [-0.4, -0.2) is 55.9 Å². The van der Waals surface area contributed by atoms with Crippen molar-refractivity contribution in [3.63, 3.8) is 0 Å². The van der Waals surface area contributed by atoms with Crippen molar-refractivity contribution in [1.29, 1.82) is 0 Å². The molecule has 2 aliphatic rings. The van der Waals surface area contributed by atoms with Gasteiger partial charge in [-0.3, -0.25) is 4.90 Å². The predicted octanol–water partition coefficient (Wildman–Crippen LogP) is 3.97. The first kappa shape index (κ1) is 20.8. The summed E-state index contributed by atoms with van der Waals surface area (Å²) < 4.78 is 31.2. The van der Waals surface area contributed by atoms with Gasteiger partial charge in [0, 0.05) is 19.6 Å². The third-order valence-corrected chi connectivity index (χ3v) is 5.66. The fourth-order valence-electron chi connectivity index (χ4n) is 3.83. The van der Waals surface area contributed by atoms with Crippen molar-refractivity contribution >= 4 is 5.97 Å². The molecule has 0 spiro atoms. The van der Waals surface area contributed by atoms with E-state index in [1.54, 1.807) is 0 Å². The Bertz CT molecular complexity index is 694. The molecule has 0 N–H and O–H groups in total. The first-order valence-electron chi connectivity index (χ1n) is 10.1. The zero-order chi connectivity index (χ0) is 20.0. The summed E-state index contributed by atoms with van der Waals surface area (Å²) in [6.45, 7) is 10.0. The van der Waals surface area contributed by atoms with E-state index in [4.69, 9.17) is 14.2 Å². The van der Waals surface area contributed by atoms with E-state index in [1.807, 2.05) is 6.92 Å². The van der Waals surface area contributed by atoms with E-state index < -0.39 is 17.4 Å². The smallest absolute Gasteiger partial charge is 0.338 e. The number of nitrogens with zero attached hydrogens (tertiary/aromatic N) is 1. The topological polar surface area (TPSA) is 48.0 Å². The first-order chi connectivity index (χ1) is 13.5. The Hall–Kier alpha value is -1.92. The lowest BCUT2D eigenvalue weighted by Gasteiger charge is -2.38. The van der Waals surface area contributed by atoms with Crippen molar-refractivity contribution in [3.05, 3.63) is 41.7 Å². The average molecular weight is 391 g/mol. The van der Waals surface area contributed by atoms with Gasteiger partial charge in [0.05, 0.1) is 18.8 Å². The van der Waals surface area contributed by atoms with Gasteiger partial charge in [0.2, 0.25) is 0 Å². The summed E-state index contributed by atoms with van der Waals surface area (Å²) in [6, 6.07) is 4.15. The number of hydrogen-bond donors (Lipinski definition) is 0. The number of hydrogen-bond acceptors (Lipinski definition) is 5. The van der Waals surface area contributed by atoms with Gasteiger partial charge in [-0.25, -0.2) is 9.18 Å². The van der Waals surface area contributed by atoms with Crippen LogP contribution in [-0.2, 0) is 9.47 Å². The van der Waals surface area contributed by atoms with Crippen LogP contribution in [0.2, 0.25) is 0 Å². The number of rotatable bonds is 7. The SMILES string of the molecule is C=C(C)C1(Oc2cc(C(=O)OCCN3CCOCC3)ccc2F)CCCCC1. The average Bonchev–Trinajstić information content (AvgIpc) is 2.71. The number of carbonyl (C=O) groups is 1. The van der Waals surface area contributed by atoms with Gasteiger partial charge in [-0.2, -0.15) is 0 Å². The maximum Gasteiger partial charge on any atom is 0.338 e. The zero-order valence-electron chi connectivity index (χ0n) is 16.7. The lowest BCUT2D eigenvalue weighted by molar-refractivity contribution is 0.0194. The first-order valence-corrected chi connectivity index (χ1v) is 10.1. The van der Waals surface area contributed by atoms with Crippen LogP contribution in [0, 0.1) is 5.82 Å². The highest BCUT2D eigenvalue weighted by Gasteiger charge is 2.36. The van der Waals surface area contributed by atoms with Crippen LogP contribution in [0.3, 0.4) is 0 Å². The summed E-state index contributed by atoms with van der Waals surface area (Å²) in [6.07, 6.45) is 4.83. The van der Waals surface area contributed by atoms with Crippen molar-refractivity contribution < 1.29 is 23.4 Å². The van der Waals surface area contributed by atoms with E-state index in [2.05, 4.69) is 11.5 Å². The molecule has 1 aromatic rings. The lowest BCUT2D eigenvalue weighted by Crippen LogP contribution is -2.39. The van der Waals surface area contributed by atoms with Crippen LogP contribution in [0.15, 0.2) is 30.4 Å². The summed E-state index contributed by atoms with van der Waals surface area (Å²) in [5.41, 5.74) is 0.633. The number of morpholine rings is 1. The summed E-state index contributed by atoms with van der Waals surface area (Å²) in [5, 5.41) is 0. The molecule has 0 atom stereocenters. The Morgan fingerprint density at radius 3 is 2.64 bits per heavy atom. The molecule has 2 fully saturated rings. The van der Waals surface area contributed by atoms with Gasteiger partial charge in [0.25, 0.3) is 0 Å². The Balaban J connectivity index is 1.63. The molecule has 0 unspecified atom stereocenters. The van der Waals surface area contributed by atoms with Crippen molar-refractivity contribution in [3.8, 4) is 5.75 Å². The maximum atomic E-state index is 14.4. The van der Waals surface area contributed by atoms with Gasteiger partial charge < -0.3 is 14.2 Å². The Morgan fingerprint density at radius 1 is 1.25 bits per heavy atom. The van der Waals surface area contributed by atoms with Gasteiger partial charge in [-0.1, -0.05) is 13.0 Å². The van der Waals surface area contributed by atoms with Crippen LogP contribution >= 0.6 is 0 Å².